The van der Waals surface area contributed by atoms with E-state index in [1.54, 1.807) is 0 Å². The van der Waals surface area contributed by atoms with Crippen molar-refractivity contribution < 1.29 is 24.5 Å². The van der Waals surface area contributed by atoms with Gasteiger partial charge in [0.1, 0.15) is 6.10 Å². The molecule has 0 radical (unpaired) electrons. The summed E-state index contributed by atoms with van der Waals surface area (Å²) in [5.41, 5.74) is 0. The van der Waals surface area contributed by atoms with E-state index in [-0.39, 0.29) is 24.9 Å². The highest BCUT2D eigenvalue weighted by Crippen LogP contribution is 2.18. The van der Waals surface area contributed by atoms with Crippen LogP contribution < -0.4 is 5.32 Å². The Hall–Kier alpha value is -2.18. The van der Waals surface area contributed by atoms with Crippen molar-refractivity contribution in [3.63, 3.8) is 0 Å². The smallest absolute Gasteiger partial charge is 0.306 e. The normalized spacial score (nSPS) is 13.6. The third-order valence-electron chi connectivity index (χ3n) is 11.7. The van der Waals surface area contributed by atoms with Gasteiger partial charge in [-0.2, -0.15) is 0 Å². The molecule has 0 aromatic heterocycles. The van der Waals surface area contributed by atoms with Gasteiger partial charge in [-0.25, -0.2) is 0 Å². The quantitative estimate of drug-likeness (QED) is 0.0246. The van der Waals surface area contributed by atoms with Gasteiger partial charge < -0.3 is 20.3 Å². The molecular weight excluding hydrogens is 743 g/mol. The second-order valence-electron chi connectivity index (χ2n) is 17.6. The molecule has 350 valence electrons. The molecule has 3 atom stereocenters. The Morgan fingerprint density at radius 2 is 0.950 bits per heavy atom. The Morgan fingerprint density at radius 3 is 1.45 bits per heavy atom. The van der Waals surface area contributed by atoms with Crippen LogP contribution >= 0.6 is 0 Å². The highest BCUT2D eigenvalue weighted by molar-refractivity contribution is 5.77. The van der Waals surface area contributed by atoms with Gasteiger partial charge in [0.15, 0.2) is 0 Å². The van der Waals surface area contributed by atoms with Gasteiger partial charge in [-0.05, 0) is 77.0 Å². The second-order valence-corrected chi connectivity index (χ2v) is 17.6. The number of carbonyl (C=O) groups is 2. The molecule has 0 aromatic rings. The predicted octanol–water partition coefficient (Wildman–Crippen LogP) is 15.5. The maximum atomic E-state index is 13.2. The first-order chi connectivity index (χ1) is 29.5. The van der Waals surface area contributed by atoms with Crippen LogP contribution in [-0.4, -0.2) is 46.9 Å². The van der Waals surface area contributed by atoms with Crippen LogP contribution in [0.3, 0.4) is 0 Å². The van der Waals surface area contributed by atoms with Crippen molar-refractivity contribution in [3.8, 4) is 0 Å². The fourth-order valence-electron chi connectivity index (χ4n) is 7.75. The van der Waals surface area contributed by atoms with E-state index in [2.05, 4.69) is 74.7 Å². The number of aliphatic hydroxyl groups is 2. The zero-order valence-corrected chi connectivity index (χ0v) is 39.8. The molecule has 6 nitrogen and oxygen atoms in total. The van der Waals surface area contributed by atoms with Gasteiger partial charge in [-0.15, -0.1) is 0 Å². The van der Waals surface area contributed by atoms with Crippen molar-refractivity contribution in [1.82, 2.24) is 5.32 Å². The molecule has 0 saturated carbocycles. The number of unbranched alkanes of at least 4 members (excludes halogenated alkanes) is 27. The summed E-state index contributed by atoms with van der Waals surface area (Å²) in [6.45, 7) is 6.36. The Morgan fingerprint density at radius 1 is 0.517 bits per heavy atom. The molecule has 60 heavy (non-hydrogen) atoms. The molecule has 0 aliphatic rings. The Bertz CT molecular complexity index is 1040. The minimum atomic E-state index is -0.793. The van der Waals surface area contributed by atoms with E-state index in [0.717, 1.165) is 89.9 Å². The van der Waals surface area contributed by atoms with Crippen LogP contribution in [-0.2, 0) is 14.3 Å². The van der Waals surface area contributed by atoms with Gasteiger partial charge in [-0.1, -0.05) is 217 Å². The van der Waals surface area contributed by atoms with E-state index >= 15 is 0 Å². The van der Waals surface area contributed by atoms with E-state index in [1.807, 2.05) is 0 Å². The van der Waals surface area contributed by atoms with Crippen molar-refractivity contribution in [2.75, 3.05) is 6.61 Å². The first-order valence-electron chi connectivity index (χ1n) is 25.9. The molecule has 0 bridgehead atoms. The number of aliphatic hydroxyl groups excluding tert-OH is 2. The summed E-state index contributed by atoms with van der Waals surface area (Å²) in [6, 6.07) is -0.708. The van der Waals surface area contributed by atoms with Gasteiger partial charge in [0.2, 0.25) is 5.91 Å². The van der Waals surface area contributed by atoms with Crippen molar-refractivity contribution in [2.45, 2.75) is 277 Å². The van der Waals surface area contributed by atoms with Gasteiger partial charge in [0.05, 0.1) is 25.2 Å². The zero-order valence-electron chi connectivity index (χ0n) is 39.8. The van der Waals surface area contributed by atoms with Crippen LogP contribution in [0.15, 0.2) is 48.6 Å². The van der Waals surface area contributed by atoms with E-state index < -0.39 is 18.2 Å². The number of esters is 1. The molecule has 0 spiro atoms. The lowest BCUT2D eigenvalue weighted by atomic mass is 10.0. The molecule has 6 heteroatoms. The monoisotopic (exact) mass is 842 g/mol. The summed E-state index contributed by atoms with van der Waals surface area (Å²) < 4.78 is 5.92. The molecule has 0 rings (SSSR count). The van der Waals surface area contributed by atoms with Crippen LogP contribution in [0.4, 0.5) is 0 Å². The standard InChI is InChI=1S/C54H99NO5/c1-4-7-10-13-16-19-22-24-25-26-27-28-29-32-35-38-41-44-47-54(59)60-50(45-42-39-36-33-31-23-20-17-14-11-8-5-2)48-53(58)55-51(49-56)52(57)46-43-40-37-34-30-21-18-15-12-9-6-3/h8,11,17,20,25-28,50-52,56-57H,4-7,9-10,12-16,18-19,21-24,29-49H2,1-3H3,(H,55,58)/b11-8+,20-17+,26-25+,28-27+. The molecule has 3 unspecified atom stereocenters. The van der Waals surface area contributed by atoms with Crippen LogP contribution in [0, 0.1) is 0 Å². The minimum absolute atomic E-state index is 0.0620. The first kappa shape index (κ1) is 57.8. The summed E-state index contributed by atoms with van der Waals surface area (Å²) in [5.74, 6) is -0.502. The number of nitrogens with one attached hydrogen (secondary N) is 1. The SMILES string of the molecule is CC/C=C/C/C=C/CCCCCCCC(CC(=O)NC(CO)C(O)CCCCCCCCCCCCC)OC(=O)CCCCCCC/C=C/C=C/CCCCCCCCC. The topological polar surface area (TPSA) is 95.9 Å². The Kier molecular flexibility index (Phi) is 46.1. The van der Waals surface area contributed by atoms with E-state index in [0.29, 0.717) is 19.3 Å². The predicted molar refractivity (Wildman–Crippen MR) is 259 cm³/mol. The van der Waals surface area contributed by atoms with Crippen molar-refractivity contribution in [2.24, 2.45) is 0 Å². The molecular formula is C54H99NO5. The Balaban J connectivity index is 4.57. The van der Waals surface area contributed by atoms with Crippen LogP contribution in [0.1, 0.15) is 258 Å². The van der Waals surface area contributed by atoms with Crippen LogP contribution in [0.2, 0.25) is 0 Å². The van der Waals surface area contributed by atoms with E-state index in [1.165, 1.54) is 122 Å². The van der Waals surface area contributed by atoms with Gasteiger partial charge in [-0.3, -0.25) is 9.59 Å². The third kappa shape index (κ3) is 42.5. The number of allylic oxidation sites excluding steroid dienone is 8. The highest BCUT2D eigenvalue weighted by atomic mass is 16.5. The maximum absolute atomic E-state index is 13.2. The summed E-state index contributed by atoms with van der Waals surface area (Å²) in [5, 5.41) is 23.7. The van der Waals surface area contributed by atoms with Crippen molar-refractivity contribution in [3.05, 3.63) is 48.6 Å². The lowest BCUT2D eigenvalue weighted by Gasteiger charge is -2.24. The minimum Gasteiger partial charge on any atom is -0.462 e. The number of hydrogen-bond donors (Lipinski definition) is 3. The van der Waals surface area contributed by atoms with Gasteiger partial charge in [0, 0.05) is 6.42 Å². The molecule has 0 saturated heterocycles. The molecule has 1 amide bonds. The van der Waals surface area contributed by atoms with E-state index in [9.17, 15) is 19.8 Å². The van der Waals surface area contributed by atoms with Crippen molar-refractivity contribution in [1.29, 1.82) is 0 Å². The maximum Gasteiger partial charge on any atom is 0.306 e. The summed E-state index contributed by atoms with van der Waals surface area (Å²) in [6.07, 6.45) is 57.4. The number of rotatable bonds is 46. The average Bonchev–Trinajstić information content (AvgIpc) is 3.24. The summed E-state index contributed by atoms with van der Waals surface area (Å²) in [4.78, 5) is 26.1. The summed E-state index contributed by atoms with van der Waals surface area (Å²) in [7, 11) is 0. The van der Waals surface area contributed by atoms with Gasteiger partial charge >= 0.3 is 5.97 Å². The fourth-order valence-corrected chi connectivity index (χ4v) is 7.75. The molecule has 3 N–H and O–H groups in total. The van der Waals surface area contributed by atoms with Crippen molar-refractivity contribution >= 4 is 11.9 Å². The molecule has 0 aliphatic heterocycles. The van der Waals surface area contributed by atoms with Gasteiger partial charge in [0.25, 0.3) is 0 Å². The Labute approximate surface area is 372 Å². The zero-order chi connectivity index (χ0) is 43.8. The molecule has 0 fully saturated rings. The summed E-state index contributed by atoms with van der Waals surface area (Å²) >= 11 is 0. The van der Waals surface area contributed by atoms with Crippen LogP contribution in [0.25, 0.3) is 0 Å². The van der Waals surface area contributed by atoms with Crippen LogP contribution in [0.5, 0.6) is 0 Å². The highest BCUT2D eigenvalue weighted by Gasteiger charge is 2.24. The number of carbonyl (C=O) groups excluding carboxylic acids is 2. The number of hydrogen-bond acceptors (Lipinski definition) is 5. The lowest BCUT2D eigenvalue weighted by molar-refractivity contribution is -0.151. The van der Waals surface area contributed by atoms with E-state index in [4.69, 9.17) is 4.74 Å². The molecule has 0 aromatic carbocycles. The number of amides is 1. The largest absolute Gasteiger partial charge is 0.462 e. The first-order valence-corrected chi connectivity index (χ1v) is 25.9. The fraction of sp³-hybridized carbons (Fsp3) is 0.815. The number of ether oxygens (including phenoxy) is 1. The molecule has 0 heterocycles. The second kappa shape index (κ2) is 47.9. The molecule has 0 aliphatic carbocycles. The third-order valence-corrected chi connectivity index (χ3v) is 11.7. The lowest BCUT2D eigenvalue weighted by Crippen LogP contribution is -2.46. The average molecular weight is 842 g/mol.